The minimum Gasteiger partial charge on any atom is -0.103 e. The fourth-order valence-electron chi connectivity index (χ4n) is 0.793. The molecule has 0 fully saturated rings. The van der Waals surface area contributed by atoms with Crippen molar-refractivity contribution in [3.05, 3.63) is 55.1 Å². The van der Waals surface area contributed by atoms with Crippen LogP contribution in [0.4, 0.5) is 0 Å². The summed E-state index contributed by atoms with van der Waals surface area (Å²) in [6.45, 7) is 9.32. The standard InChI is InChI=1S/C8H8.C5H10/c1-2-8-6-4-3-5-7-8;1-3-5-4-2/h2-7H,1H2;3H,1,4-5H2,2H3. The van der Waals surface area contributed by atoms with Crippen molar-refractivity contribution < 1.29 is 0 Å². The van der Waals surface area contributed by atoms with E-state index in [9.17, 15) is 0 Å². The first-order valence-electron chi connectivity index (χ1n) is 4.63. The minimum atomic E-state index is 1.15. The van der Waals surface area contributed by atoms with Crippen LogP contribution in [0.5, 0.6) is 0 Å². The monoisotopic (exact) mass is 174 g/mol. The van der Waals surface area contributed by atoms with Crippen LogP contribution in [0.25, 0.3) is 6.08 Å². The number of hydrogen-bond acceptors (Lipinski definition) is 0. The quantitative estimate of drug-likeness (QED) is 0.599. The molecule has 1 aromatic carbocycles. The summed E-state index contributed by atoms with van der Waals surface area (Å²) in [5.74, 6) is 0. The summed E-state index contributed by atoms with van der Waals surface area (Å²) in [6.07, 6.45) is 6.14. The zero-order chi connectivity index (χ0) is 9.94. The predicted molar refractivity (Wildman–Crippen MR) is 61.6 cm³/mol. The summed E-state index contributed by atoms with van der Waals surface area (Å²) < 4.78 is 0. The average Bonchev–Trinajstić information content (AvgIpc) is 2.21. The Kier molecular flexibility index (Phi) is 7.91. The Balaban J connectivity index is 0.000000252. The van der Waals surface area contributed by atoms with Crippen LogP contribution in [-0.4, -0.2) is 0 Å². The van der Waals surface area contributed by atoms with Crippen molar-refractivity contribution in [3.8, 4) is 0 Å². The molecule has 0 saturated heterocycles. The lowest BCUT2D eigenvalue weighted by Gasteiger charge is -1.85. The van der Waals surface area contributed by atoms with E-state index in [0.29, 0.717) is 0 Å². The number of allylic oxidation sites excluding steroid dienone is 1. The summed E-state index contributed by atoms with van der Waals surface area (Å²) in [7, 11) is 0. The molecule has 0 unspecified atom stereocenters. The molecule has 0 N–H and O–H groups in total. The molecule has 0 aliphatic heterocycles. The van der Waals surface area contributed by atoms with E-state index in [1.165, 1.54) is 12.0 Å². The second-order valence-corrected chi connectivity index (χ2v) is 2.69. The van der Waals surface area contributed by atoms with Gasteiger partial charge in [-0.2, -0.15) is 0 Å². The zero-order valence-corrected chi connectivity index (χ0v) is 8.37. The average molecular weight is 174 g/mol. The van der Waals surface area contributed by atoms with Crippen molar-refractivity contribution in [2.75, 3.05) is 0 Å². The van der Waals surface area contributed by atoms with E-state index in [1.807, 2.05) is 42.5 Å². The maximum atomic E-state index is 3.63. The van der Waals surface area contributed by atoms with Gasteiger partial charge >= 0.3 is 0 Å². The lowest BCUT2D eigenvalue weighted by Crippen LogP contribution is -1.63. The molecule has 70 valence electrons. The van der Waals surface area contributed by atoms with Gasteiger partial charge in [0, 0.05) is 0 Å². The molecule has 13 heavy (non-hydrogen) atoms. The van der Waals surface area contributed by atoms with E-state index in [4.69, 9.17) is 0 Å². The van der Waals surface area contributed by atoms with Gasteiger partial charge in [-0.15, -0.1) is 6.58 Å². The third-order valence-electron chi connectivity index (χ3n) is 1.53. The van der Waals surface area contributed by atoms with E-state index < -0.39 is 0 Å². The maximum Gasteiger partial charge on any atom is -0.0263 e. The molecule has 1 rings (SSSR count). The normalized spacial score (nSPS) is 8.08. The predicted octanol–water partition coefficient (Wildman–Crippen LogP) is 4.30. The Hall–Kier alpha value is -1.30. The van der Waals surface area contributed by atoms with Crippen LogP contribution in [0.3, 0.4) is 0 Å². The molecule has 0 nitrogen and oxygen atoms in total. The second-order valence-electron chi connectivity index (χ2n) is 2.69. The highest BCUT2D eigenvalue weighted by molar-refractivity contribution is 5.45. The Bertz CT molecular complexity index is 221. The van der Waals surface area contributed by atoms with Crippen molar-refractivity contribution in [1.29, 1.82) is 0 Å². The van der Waals surface area contributed by atoms with E-state index in [1.54, 1.807) is 0 Å². The molecule has 0 amide bonds. The number of benzene rings is 1. The largest absolute Gasteiger partial charge is 0.103 e. The molecule has 0 atom stereocenters. The van der Waals surface area contributed by atoms with Crippen LogP contribution in [0, 0.1) is 0 Å². The van der Waals surface area contributed by atoms with Crippen LogP contribution < -0.4 is 0 Å². The third-order valence-corrected chi connectivity index (χ3v) is 1.53. The van der Waals surface area contributed by atoms with Gasteiger partial charge in [0.15, 0.2) is 0 Å². The van der Waals surface area contributed by atoms with Crippen LogP contribution in [0.2, 0.25) is 0 Å². The van der Waals surface area contributed by atoms with Crippen molar-refractivity contribution in [2.45, 2.75) is 19.8 Å². The Morgan fingerprint density at radius 1 is 1.15 bits per heavy atom. The minimum absolute atomic E-state index is 1.15. The first-order valence-corrected chi connectivity index (χ1v) is 4.63. The van der Waals surface area contributed by atoms with Gasteiger partial charge in [-0.05, 0) is 12.0 Å². The van der Waals surface area contributed by atoms with Gasteiger partial charge in [0.2, 0.25) is 0 Å². The van der Waals surface area contributed by atoms with Crippen molar-refractivity contribution >= 4 is 6.08 Å². The molecule has 0 heterocycles. The van der Waals surface area contributed by atoms with E-state index >= 15 is 0 Å². The molecule has 0 bridgehead atoms. The van der Waals surface area contributed by atoms with Gasteiger partial charge in [0.25, 0.3) is 0 Å². The van der Waals surface area contributed by atoms with Crippen molar-refractivity contribution in [2.24, 2.45) is 0 Å². The summed E-state index contributed by atoms with van der Waals surface area (Å²) in [5, 5.41) is 0. The molecular formula is C13H18. The number of unbranched alkanes of at least 4 members (excludes halogenated alkanes) is 1. The Morgan fingerprint density at radius 2 is 1.77 bits per heavy atom. The van der Waals surface area contributed by atoms with Gasteiger partial charge in [-0.1, -0.05) is 62.4 Å². The highest BCUT2D eigenvalue weighted by Crippen LogP contribution is 1.97. The fraction of sp³-hybridized carbons (Fsp3) is 0.231. The van der Waals surface area contributed by atoms with Crippen LogP contribution in [-0.2, 0) is 0 Å². The maximum absolute atomic E-state index is 3.63. The highest BCUT2D eigenvalue weighted by Gasteiger charge is 1.75. The second kappa shape index (κ2) is 8.79. The molecular weight excluding hydrogens is 156 g/mol. The summed E-state index contributed by atoms with van der Waals surface area (Å²) in [5.41, 5.74) is 1.17. The van der Waals surface area contributed by atoms with Gasteiger partial charge in [0.1, 0.15) is 0 Å². The Labute approximate surface area is 81.6 Å². The first kappa shape index (κ1) is 11.7. The molecule has 1 aromatic rings. The van der Waals surface area contributed by atoms with E-state index in [-0.39, 0.29) is 0 Å². The van der Waals surface area contributed by atoms with E-state index in [2.05, 4.69) is 20.1 Å². The highest BCUT2D eigenvalue weighted by atomic mass is 13.8. The smallest absolute Gasteiger partial charge is 0.0263 e. The summed E-state index contributed by atoms with van der Waals surface area (Å²) in [4.78, 5) is 0. The zero-order valence-electron chi connectivity index (χ0n) is 8.37. The molecule has 0 aliphatic carbocycles. The SMILES string of the molecule is C=CCCC.C=Cc1ccccc1. The lowest BCUT2D eigenvalue weighted by molar-refractivity contribution is 0.961. The van der Waals surface area contributed by atoms with Crippen molar-refractivity contribution in [3.63, 3.8) is 0 Å². The first-order chi connectivity index (χ1) is 6.35. The van der Waals surface area contributed by atoms with Gasteiger partial charge < -0.3 is 0 Å². The molecule has 0 heteroatoms. The lowest BCUT2D eigenvalue weighted by atomic mass is 10.2. The molecule has 0 spiro atoms. The van der Waals surface area contributed by atoms with E-state index in [0.717, 1.165) is 6.42 Å². The van der Waals surface area contributed by atoms with Gasteiger partial charge in [-0.3, -0.25) is 0 Å². The molecule has 0 aliphatic rings. The van der Waals surface area contributed by atoms with Crippen molar-refractivity contribution in [1.82, 2.24) is 0 Å². The van der Waals surface area contributed by atoms with Gasteiger partial charge in [-0.25, -0.2) is 0 Å². The fourth-order valence-corrected chi connectivity index (χ4v) is 0.793. The number of rotatable bonds is 3. The summed E-state index contributed by atoms with van der Waals surface area (Å²) >= 11 is 0. The molecule has 0 saturated carbocycles. The van der Waals surface area contributed by atoms with Crippen LogP contribution >= 0.6 is 0 Å². The topological polar surface area (TPSA) is 0 Å². The van der Waals surface area contributed by atoms with Gasteiger partial charge in [0.05, 0.1) is 0 Å². The van der Waals surface area contributed by atoms with Crippen LogP contribution in [0.15, 0.2) is 49.6 Å². The molecule has 0 radical (unpaired) electrons. The number of hydrogen-bond donors (Lipinski definition) is 0. The Morgan fingerprint density at radius 3 is 2.00 bits per heavy atom. The molecule has 0 aromatic heterocycles. The third kappa shape index (κ3) is 7.07. The summed E-state index contributed by atoms with van der Waals surface area (Å²) in [6, 6.07) is 10.0. The van der Waals surface area contributed by atoms with Crippen LogP contribution in [0.1, 0.15) is 25.3 Å².